The molecule has 0 saturated heterocycles. The summed E-state index contributed by atoms with van der Waals surface area (Å²) >= 11 is 3.56. The molecule has 2 heterocycles. The molecule has 4 rings (SSSR count). The summed E-state index contributed by atoms with van der Waals surface area (Å²) in [6, 6.07) is 8.74. The number of carbonyl (C=O) groups excluding carboxylic acids is 1. The van der Waals surface area contributed by atoms with E-state index in [0.717, 1.165) is 34.3 Å². The van der Waals surface area contributed by atoms with Crippen molar-refractivity contribution in [1.29, 1.82) is 0 Å². The van der Waals surface area contributed by atoms with Gasteiger partial charge < -0.3 is 0 Å². The molecule has 0 aliphatic heterocycles. The molecule has 28 heavy (non-hydrogen) atoms. The fourth-order valence-corrected chi connectivity index (χ4v) is 4.79. The van der Waals surface area contributed by atoms with Gasteiger partial charge in [-0.1, -0.05) is 38.1 Å². The normalized spacial score (nSPS) is 16.1. The third-order valence-corrected chi connectivity index (χ3v) is 6.77. The number of carbonyl (C=O) groups is 1. The van der Waals surface area contributed by atoms with Gasteiger partial charge in [0.05, 0.1) is 21.4 Å². The Bertz CT molecular complexity index is 1040. The molecule has 0 fully saturated rings. The number of hydrogen-bond donors (Lipinski definition) is 0. The van der Waals surface area contributed by atoms with Gasteiger partial charge in [-0.3, -0.25) is 4.79 Å². The summed E-state index contributed by atoms with van der Waals surface area (Å²) in [7, 11) is 0. The van der Waals surface area contributed by atoms with Crippen molar-refractivity contribution in [3.05, 3.63) is 63.0 Å². The summed E-state index contributed by atoms with van der Waals surface area (Å²) in [5.74, 6) is 0.963. The van der Waals surface area contributed by atoms with E-state index in [0.29, 0.717) is 17.9 Å². The van der Waals surface area contributed by atoms with Crippen molar-refractivity contribution >= 4 is 27.4 Å². The highest BCUT2D eigenvalue weighted by molar-refractivity contribution is 9.10. The van der Waals surface area contributed by atoms with Crippen LogP contribution >= 0.6 is 15.9 Å². The summed E-state index contributed by atoms with van der Waals surface area (Å²) in [5, 5.41) is 4.60. The van der Waals surface area contributed by atoms with Gasteiger partial charge in [-0.15, -0.1) is 0 Å². The quantitative estimate of drug-likeness (QED) is 0.441. The number of fused-ring (bicyclic) bond motifs is 2. The molecule has 1 aromatic carbocycles. The molecule has 0 bridgehead atoms. The first-order valence-corrected chi connectivity index (χ1v) is 10.9. The Morgan fingerprint density at radius 1 is 1.32 bits per heavy atom. The molecule has 0 spiro atoms. The number of hydrogen-bond acceptors (Lipinski definition) is 3. The lowest BCUT2D eigenvalue weighted by Gasteiger charge is -2.14. The number of nitrogens with zero attached hydrogens (tertiary/aromatic N) is 3. The van der Waals surface area contributed by atoms with Crippen LogP contribution in [0.1, 0.15) is 84.2 Å². The maximum absolute atomic E-state index is 13.0. The van der Waals surface area contributed by atoms with Gasteiger partial charge >= 0.3 is 0 Å². The third kappa shape index (κ3) is 3.41. The van der Waals surface area contributed by atoms with E-state index >= 15 is 0 Å². The van der Waals surface area contributed by atoms with Crippen molar-refractivity contribution in [3.63, 3.8) is 0 Å². The van der Waals surface area contributed by atoms with Gasteiger partial charge in [-0.05, 0) is 71.5 Å². The van der Waals surface area contributed by atoms with Gasteiger partial charge in [0.25, 0.3) is 0 Å². The van der Waals surface area contributed by atoms with Crippen LogP contribution in [0.2, 0.25) is 0 Å². The van der Waals surface area contributed by atoms with Gasteiger partial charge in [0, 0.05) is 12.6 Å². The Hall–Kier alpha value is -2.01. The number of ketones is 1. The van der Waals surface area contributed by atoms with Gasteiger partial charge in [0.15, 0.2) is 11.4 Å². The molecule has 4 nitrogen and oxygen atoms in total. The Kier molecular flexibility index (Phi) is 5.37. The highest BCUT2D eigenvalue weighted by Gasteiger charge is 2.24. The second-order valence-electron chi connectivity index (χ2n) is 8.10. The Morgan fingerprint density at radius 2 is 2.11 bits per heavy atom. The molecule has 0 saturated carbocycles. The number of halogens is 1. The van der Waals surface area contributed by atoms with Crippen LogP contribution in [0.3, 0.4) is 0 Å². The summed E-state index contributed by atoms with van der Waals surface area (Å²) in [6.07, 6.45) is 6.66. The number of aryl methyl sites for hydroxylation is 2. The van der Waals surface area contributed by atoms with E-state index in [1.54, 1.807) is 6.20 Å². The van der Waals surface area contributed by atoms with Crippen LogP contribution in [-0.4, -0.2) is 20.4 Å². The molecule has 0 N–H and O–H groups in total. The van der Waals surface area contributed by atoms with Crippen LogP contribution in [0.5, 0.6) is 0 Å². The topological polar surface area (TPSA) is 47.3 Å². The Labute approximate surface area is 174 Å². The first-order chi connectivity index (χ1) is 13.5. The minimum Gasteiger partial charge on any atom is -0.294 e. The van der Waals surface area contributed by atoms with E-state index in [1.807, 2.05) is 11.4 Å². The van der Waals surface area contributed by atoms with Crippen LogP contribution in [0.15, 0.2) is 34.9 Å². The van der Waals surface area contributed by atoms with E-state index < -0.39 is 0 Å². The first kappa shape index (κ1) is 19.3. The third-order valence-electron chi connectivity index (χ3n) is 5.85. The number of aromatic nitrogens is 3. The van der Waals surface area contributed by atoms with E-state index in [4.69, 9.17) is 0 Å². The lowest BCUT2D eigenvalue weighted by atomic mass is 9.93. The molecule has 5 heteroatoms. The fourth-order valence-electron chi connectivity index (χ4n) is 4.44. The largest absolute Gasteiger partial charge is 0.294 e. The molecule has 0 unspecified atom stereocenters. The summed E-state index contributed by atoms with van der Waals surface area (Å²) in [5.41, 5.74) is 6.30. The second-order valence-corrected chi connectivity index (χ2v) is 8.89. The summed E-state index contributed by atoms with van der Waals surface area (Å²) < 4.78 is 2.73. The average Bonchev–Trinajstić information content (AvgIpc) is 3.22. The highest BCUT2D eigenvalue weighted by atomic mass is 79.9. The zero-order valence-electron chi connectivity index (χ0n) is 16.7. The minimum atomic E-state index is 0.175. The second kappa shape index (κ2) is 7.78. The van der Waals surface area contributed by atoms with E-state index in [9.17, 15) is 4.79 Å². The maximum Gasteiger partial charge on any atom is 0.169 e. The standard InChI is InChI=1S/C23H26BrN3O/c1-14(2)22-19(13-25-23-21(24)15(3)26-27(22)23)20(28)10-6-8-17-12-11-16-7-4-5-9-18(16)17/h4-5,7,9,13-14,17H,6,8,10-12H2,1-3H3/t17-/m0/s1. The monoisotopic (exact) mass is 439 g/mol. The van der Waals surface area contributed by atoms with Crippen LogP contribution in [-0.2, 0) is 6.42 Å². The predicted octanol–water partition coefficient (Wildman–Crippen LogP) is 6.01. The molecule has 1 aliphatic carbocycles. The fraction of sp³-hybridized carbons (Fsp3) is 0.435. The smallest absolute Gasteiger partial charge is 0.169 e. The lowest BCUT2D eigenvalue weighted by Crippen LogP contribution is -2.12. The summed E-state index contributed by atoms with van der Waals surface area (Å²) in [4.78, 5) is 17.5. The lowest BCUT2D eigenvalue weighted by molar-refractivity contribution is 0.0976. The van der Waals surface area contributed by atoms with E-state index in [1.165, 1.54) is 24.0 Å². The zero-order valence-corrected chi connectivity index (χ0v) is 18.3. The van der Waals surface area contributed by atoms with Gasteiger partial charge in [0.2, 0.25) is 0 Å². The molecule has 1 atom stereocenters. The van der Waals surface area contributed by atoms with E-state index in [-0.39, 0.29) is 11.7 Å². The molecule has 2 aromatic heterocycles. The molecular formula is C23H26BrN3O. The molecule has 0 radical (unpaired) electrons. The first-order valence-electron chi connectivity index (χ1n) is 10.1. The van der Waals surface area contributed by atoms with Gasteiger partial charge in [-0.2, -0.15) is 5.10 Å². The van der Waals surface area contributed by atoms with Crippen molar-refractivity contribution < 1.29 is 4.79 Å². The SMILES string of the molecule is Cc1nn2c(C(C)C)c(C(=O)CCC[C@H]3CCc4ccccc43)cnc2c1Br. The zero-order chi connectivity index (χ0) is 19.8. The minimum absolute atomic E-state index is 0.175. The van der Waals surface area contributed by atoms with Gasteiger partial charge in [-0.25, -0.2) is 9.50 Å². The van der Waals surface area contributed by atoms with Crippen LogP contribution < -0.4 is 0 Å². The van der Waals surface area contributed by atoms with Crippen molar-refractivity contribution in [2.45, 2.75) is 64.7 Å². The number of rotatable bonds is 6. The molecule has 3 aromatic rings. The molecule has 0 amide bonds. The molecule has 146 valence electrons. The van der Waals surface area contributed by atoms with Crippen molar-refractivity contribution in [1.82, 2.24) is 14.6 Å². The van der Waals surface area contributed by atoms with E-state index in [2.05, 4.69) is 64.1 Å². The molecular weight excluding hydrogens is 414 g/mol. The number of benzene rings is 1. The predicted molar refractivity (Wildman–Crippen MR) is 115 cm³/mol. The Morgan fingerprint density at radius 3 is 2.89 bits per heavy atom. The Balaban J connectivity index is 1.51. The van der Waals surface area contributed by atoms with Crippen molar-refractivity contribution in [2.24, 2.45) is 0 Å². The maximum atomic E-state index is 13.0. The van der Waals surface area contributed by atoms with Crippen LogP contribution in [0.4, 0.5) is 0 Å². The van der Waals surface area contributed by atoms with Crippen LogP contribution in [0, 0.1) is 6.92 Å². The number of Topliss-reactive ketones (excluding diaryl/α,β-unsaturated/α-hetero) is 1. The average molecular weight is 440 g/mol. The van der Waals surface area contributed by atoms with Crippen LogP contribution in [0.25, 0.3) is 5.65 Å². The van der Waals surface area contributed by atoms with Crippen molar-refractivity contribution in [3.8, 4) is 0 Å². The van der Waals surface area contributed by atoms with Gasteiger partial charge in [0.1, 0.15) is 0 Å². The highest BCUT2D eigenvalue weighted by Crippen LogP contribution is 2.36. The summed E-state index contributed by atoms with van der Waals surface area (Å²) in [6.45, 7) is 6.15. The molecule has 1 aliphatic rings. The van der Waals surface area contributed by atoms with Crippen molar-refractivity contribution in [2.75, 3.05) is 0 Å².